The topological polar surface area (TPSA) is 58.2 Å². The van der Waals surface area contributed by atoms with Crippen LogP contribution in [-0.2, 0) is 9.59 Å². The summed E-state index contributed by atoms with van der Waals surface area (Å²) in [5.41, 5.74) is 1.51. The molecule has 0 saturated heterocycles. The highest BCUT2D eigenvalue weighted by atomic mass is 16.2. The SMILES string of the molecule is CCCCC(=O)Nc1ccc(NC(=O)CCC)cc1. The molecule has 0 unspecified atom stereocenters. The molecule has 2 N–H and O–H groups in total. The van der Waals surface area contributed by atoms with Crippen LogP contribution in [0.15, 0.2) is 24.3 Å². The van der Waals surface area contributed by atoms with Crippen molar-refractivity contribution in [2.75, 3.05) is 10.6 Å². The van der Waals surface area contributed by atoms with E-state index in [0.29, 0.717) is 12.8 Å². The Bertz CT molecular complexity index is 413. The van der Waals surface area contributed by atoms with Crippen molar-refractivity contribution in [2.24, 2.45) is 0 Å². The lowest BCUT2D eigenvalue weighted by atomic mass is 10.2. The molecule has 0 spiro atoms. The number of anilines is 2. The molecule has 1 aromatic carbocycles. The minimum atomic E-state index is 0.0160. The zero-order chi connectivity index (χ0) is 14.1. The van der Waals surface area contributed by atoms with E-state index >= 15 is 0 Å². The van der Waals surface area contributed by atoms with Gasteiger partial charge in [0.25, 0.3) is 0 Å². The van der Waals surface area contributed by atoms with Crippen LogP contribution >= 0.6 is 0 Å². The van der Waals surface area contributed by atoms with Crippen LogP contribution < -0.4 is 10.6 Å². The largest absolute Gasteiger partial charge is 0.326 e. The van der Waals surface area contributed by atoms with E-state index in [-0.39, 0.29) is 11.8 Å². The molecule has 0 aromatic heterocycles. The highest BCUT2D eigenvalue weighted by Gasteiger charge is 2.03. The molecule has 0 atom stereocenters. The lowest BCUT2D eigenvalue weighted by Crippen LogP contribution is -2.12. The van der Waals surface area contributed by atoms with Crippen LogP contribution in [0.25, 0.3) is 0 Å². The number of benzene rings is 1. The second kappa shape index (κ2) is 8.29. The van der Waals surface area contributed by atoms with Gasteiger partial charge < -0.3 is 10.6 Å². The molecular formula is C15H22N2O2. The van der Waals surface area contributed by atoms with Gasteiger partial charge in [0.1, 0.15) is 0 Å². The fourth-order valence-corrected chi connectivity index (χ4v) is 1.65. The average Bonchev–Trinajstić information content (AvgIpc) is 2.39. The number of nitrogens with one attached hydrogen (secondary N) is 2. The number of carbonyl (C=O) groups excluding carboxylic acids is 2. The Hall–Kier alpha value is -1.84. The summed E-state index contributed by atoms with van der Waals surface area (Å²) in [5.74, 6) is 0.0480. The molecule has 0 aliphatic rings. The molecule has 2 amide bonds. The highest BCUT2D eigenvalue weighted by molar-refractivity contribution is 5.92. The van der Waals surface area contributed by atoms with Crippen molar-refractivity contribution < 1.29 is 9.59 Å². The van der Waals surface area contributed by atoms with Gasteiger partial charge in [-0.25, -0.2) is 0 Å². The minimum Gasteiger partial charge on any atom is -0.326 e. The van der Waals surface area contributed by atoms with Crippen molar-refractivity contribution in [1.29, 1.82) is 0 Å². The smallest absolute Gasteiger partial charge is 0.224 e. The van der Waals surface area contributed by atoms with Crippen molar-refractivity contribution in [3.05, 3.63) is 24.3 Å². The van der Waals surface area contributed by atoms with Crippen molar-refractivity contribution >= 4 is 23.2 Å². The lowest BCUT2D eigenvalue weighted by Gasteiger charge is -2.07. The van der Waals surface area contributed by atoms with Gasteiger partial charge in [0.2, 0.25) is 11.8 Å². The Morgan fingerprint density at radius 1 is 0.842 bits per heavy atom. The summed E-state index contributed by atoms with van der Waals surface area (Å²) in [6.45, 7) is 4.02. The molecular weight excluding hydrogens is 240 g/mol. The molecule has 4 heteroatoms. The molecule has 0 aliphatic heterocycles. The van der Waals surface area contributed by atoms with Crippen LogP contribution in [0.3, 0.4) is 0 Å². The Balaban J connectivity index is 2.47. The summed E-state index contributed by atoms with van der Waals surface area (Å²) in [7, 11) is 0. The summed E-state index contributed by atoms with van der Waals surface area (Å²) in [5, 5.41) is 5.64. The van der Waals surface area contributed by atoms with Crippen molar-refractivity contribution in [1.82, 2.24) is 0 Å². The fraction of sp³-hybridized carbons (Fsp3) is 0.467. The molecule has 19 heavy (non-hydrogen) atoms. The van der Waals surface area contributed by atoms with Gasteiger partial charge in [-0.3, -0.25) is 9.59 Å². The van der Waals surface area contributed by atoms with Crippen LogP contribution in [0.5, 0.6) is 0 Å². The zero-order valence-electron chi connectivity index (χ0n) is 11.7. The fourth-order valence-electron chi connectivity index (χ4n) is 1.65. The highest BCUT2D eigenvalue weighted by Crippen LogP contribution is 2.14. The standard InChI is InChI=1S/C15H22N2O2/c1-3-5-7-15(19)17-13-10-8-12(9-11-13)16-14(18)6-4-2/h8-11H,3-7H2,1-2H3,(H,16,18)(H,17,19). The zero-order valence-corrected chi connectivity index (χ0v) is 11.7. The first-order valence-electron chi connectivity index (χ1n) is 6.85. The second-order valence-corrected chi connectivity index (χ2v) is 4.53. The van der Waals surface area contributed by atoms with Crippen LogP contribution in [0, 0.1) is 0 Å². The molecule has 0 saturated carbocycles. The van der Waals surface area contributed by atoms with Gasteiger partial charge in [-0.1, -0.05) is 20.3 Å². The first kappa shape index (κ1) is 15.2. The second-order valence-electron chi connectivity index (χ2n) is 4.53. The molecule has 0 radical (unpaired) electrons. The van der Waals surface area contributed by atoms with Crippen molar-refractivity contribution in [3.63, 3.8) is 0 Å². The van der Waals surface area contributed by atoms with Crippen LogP contribution in [0.2, 0.25) is 0 Å². The molecule has 0 aliphatic carbocycles. The van der Waals surface area contributed by atoms with Gasteiger partial charge in [-0.15, -0.1) is 0 Å². The van der Waals surface area contributed by atoms with E-state index in [9.17, 15) is 9.59 Å². The molecule has 104 valence electrons. The molecule has 0 fully saturated rings. The van der Waals surface area contributed by atoms with E-state index in [1.165, 1.54) is 0 Å². The molecule has 0 heterocycles. The molecule has 0 bridgehead atoms. The average molecular weight is 262 g/mol. The maximum absolute atomic E-state index is 11.5. The van der Waals surface area contributed by atoms with E-state index < -0.39 is 0 Å². The van der Waals surface area contributed by atoms with Crippen molar-refractivity contribution in [3.8, 4) is 0 Å². The number of amides is 2. The molecule has 1 rings (SSSR count). The predicted octanol–water partition coefficient (Wildman–Crippen LogP) is 3.55. The van der Waals surface area contributed by atoms with Crippen molar-refractivity contribution in [2.45, 2.75) is 46.0 Å². The van der Waals surface area contributed by atoms with E-state index in [2.05, 4.69) is 17.6 Å². The van der Waals surface area contributed by atoms with Gasteiger partial charge in [0, 0.05) is 24.2 Å². The maximum atomic E-state index is 11.5. The van der Waals surface area contributed by atoms with Gasteiger partial charge in [0.05, 0.1) is 0 Å². The molecule has 1 aromatic rings. The van der Waals surface area contributed by atoms with Gasteiger partial charge in [0.15, 0.2) is 0 Å². The third kappa shape index (κ3) is 6.04. The first-order valence-corrected chi connectivity index (χ1v) is 6.85. The monoisotopic (exact) mass is 262 g/mol. The van der Waals surface area contributed by atoms with Gasteiger partial charge in [-0.05, 0) is 37.1 Å². The number of hydrogen-bond donors (Lipinski definition) is 2. The van der Waals surface area contributed by atoms with E-state index in [1.54, 1.807) is 24.3 Å². The number of rotatable bonds is 7. The number of carbonyl (C=O) groups is 2. The summed E-state index contributed by atoms with van der Waals surface area (Å²) in [4.78, 5) is 23.0. The number of unbranched alkanes of at least 4 members (excludes halogenated alkanes) is 1. The van der Waals surface area contributed by atoms with Crippen LogP contribution in [0.4, 0.5) is 11.4 Å². The summed E-state index contributed by atoms with van der Waals surface area (Å²) in [6, 6.07) is 7.18. The van der Waals surface area contributed by atoms with E-state index in [4.69, 9.17) is 0 Å². The first-order chi connectivity index (χ1) is 9.15. The number of hydrogen-bond acceptors (Lipinski definition) is 2. The molecule has 4 nitrogen and oxygen atoms in total. The Morgan fingerprint density at radius 3 is 1.74 bits per heavy atom. The Morgan fingerprint density at radius 2 is 1.32 bits per heavy atom. The maximum Gasteiger partial charge on any atom is 0.224 e. The minimum absolute atomic E-state index is 0.0160. The third-order valence-corrected chi connectivity index (χ3v) is 2.69. The quantitative estimate of drug-likeness (QED) is 0.789. The van der Waals surface area contributed by atoms with Gasteiger partial charge in [-0.2, -0.15) is 0 Å². The summed E-state index contributed by atoms with van der Waals surface area (Å²) < 4.78 is 0. The van der Waals surface area contributed by atoms with Crippen LogP contribution in [-0.4, -0.2) is 11.8 Å². The summed E-state index contributed by atoms with van der Waals surface area (Å²) >= 11 is 0. The Labute approximate surface area is 114 Å². The normalized spacial score (nSPS) is 10.0. The lowest BCUT2D eigenvalue weighted by molar-refractivity contribution is -0.117. The van der Waals surface area contributed by atoms with Gasteiger partial charge >= 0.3 is 0 Å². The predicted molar refractivity (Wildman–Crippen MR) is 78.1 cm³/mol. The summed E-state index contributed by atoms with van der Waals surface area (Å²) in [6.07, 6.45) is 3.81. The Kier molecular flexibility index (Phi) is 6.64. The van der Waals surface area contributed by atoms with E-state index in [1.807, 2.05) is 6.92 Å². The third-order valence-electron chi connectivity index (χ3n) is 2.69. The van der Waals surface area contributed by atoms with Crippen LogP contribution in [0.1, 0.15) is 46.0 Å². The van der Waals surface area contributed by atoms with E-state index in [0.717, 1.165) is 30.6 Å².